The van der Waals surface area contributed by atoms with Crippen LogP contribution in [0.5, 0.6) is 0 Å². The van der Waals surface area contributed by atoms with Gasteiger partial charge in [-0.15, -0.1) is 0 Å². The SMILES string of the molecule is Cc1cc2c(cc1C)C1=[N+]3Cn4c5c6cc(C)c(C)cc6c4=Nc4c6cc(C)c(C)cc6c(n4C[N+]4=C(N=5)c5cc(C)c(C)cc5C4=N1)N=C23. The quantitative estimate of drug-likeness (QED) is 0.165. The average molecular weight is 653 g/mol. The number of benzene rings is 4. The number of hydrogen-bond donors (Lipinski definition) is 0. The van der Waals surface area contributed by atoms with Gasteiger partial charge in [0, 0.05) is 21.5 Å². The van der Waals surface area contributed by atoms with Gasteiger partial charge >= 0.3 is 0 Å². The van der Waals surface area contributed by atoms with E-state index in [-0.39, 0.29) is 0 Å². The van der Waals surface area contributed by atoms with E-state index in [4.69, 9.17) is 20.0 Å². The van der Waals surface area contributed by atoms with E-state index in [1.54, 1.807) is 0 Å². The van der Waals surface area contributed by atoms with E-state index in [0.717, 1.165) is 89.8 Å². The Bertz CT molecular complexity index is 2990. The summed E-state index contributed by atoms with van der Waals surface area (Å²) in [6, 6.07) is 18.4. The van der Waals surface area contributed by atoms with Crippen molar-refractivity contribution < 1.29 is 9.15 Å². The summed E-state index contributed by atoms with van der Waals surface area (Å²) < 4.78 is 9.26. The van der Waals surface area contributed by atoms with Gasteiger partial charge in [-0.25, -0.2) is 14.1 Å². The average Bonchev–Trinajstić information content (AvgIpc) is 3.68. The lowest BCUT2D eigenvalue weighted by atomic mass is 9.99. The van der Waals surface area contributed by atoms with Crippen molar-refractivity contribution in [2.24, 2.45) is 20.0 Å². The summed E-state index contributed by atoms with van der Waals surface area (Å²) in [4.78, 5) is 22.8. The monoisotopic (exact) mass is 652 g/mol. The summed E-state index contributed by atoms with van der Waals surface area (Å²) in [5.41, 5.74) is 16.2. The lowest BCUT2D eigenvalue weighted by molar-refractivity contribution is -0.450. The van der Waals surface area contributed by atoms with Gasteiger partial charge in [-0.3, -0.25) is 9.13 Å². The molecular formula is C42H36N8+2. The fourth-order valence-corrected chi connectivity index (χ4v) is 8.49. The molecule has 50 heavy (non-hydrogen) atoms. The maximum Gasteiger partial charge on any atom is 0.276 e. The number of rotatable bonds is 0. The normalized spacial score (nSPS) is 16.2. The van der Waals surface area contributed by atoms with Crippen LogP contribution in [0.15, 0.2) is 68.5 Å². The highest BCUT2D eigenvalue weighted by Gasteiger charge is 2.44. The highest BCUT2D eigenvalue weighted by Crippen LogP contribution is 2.42. The first-order chi connectivity index (χ1) is 24.0. The molecule has 0 saturated heterocycles. The van der Waals surface area contributed by atoms with E-state index >= 15 is 0 Å². The molecule has 12 rings (SSSR count). The topological polar surface area (TPSA) is 65.3 Å². The van der Waals surface area contributed by atoms with Gasteiger partial charge in [0.15, 0.2) is 13.3 Å². The van der Waals surface area contributed by atoms with Gasteiger partial charge in [0.1, 0.15) is 11.3 Å². The van der Waals surface area contributed by atoms with Crippen LogP contribution in [-0.4, -0.2) is 41.6 Å². The Labute approximate surface area is 289 Å². The third-order valence-corrected chi connectivity index (χ3v) is 11.9. The number of aliphatic imine (C=N–C) groups is 2. The molecule has 6 aliphatic heterocycles. The molecule has 6 aromatic rings. The Hall–Kier alpha value is -5.76. The van der Waals surface area contributed by atoms with Crippen molar-refractivity contribution in [3.05, 3.63) is 126 Å². The zero-order chi connectivity index (χ0) is 34.1. The minimum absolute atomic E-state index is 0.471. The zero-order valence-electron chi connectivity index (χ0n) is 29.6. The van der Waals surface area contributed by atoms with Crippen molar-refractivity contribution in [1.29, 1.82) is 0 Å². The molecule has 0 unspecified atom stereocenters. The maximum atomic E-state index is 5.69. The molecule has 0 amide bonds. The van der Waals surface area contributed by atoms with Gasteiger partial charge in [-0.2, -0.15) is 0 Å². The predicted octanol–water partition coefficient (Wildman–Crippen LogP) is 6.66. The Morgan fingerprint density at radius 2 is 0.780 bits per heavy atom. The number of nitrogens with zero attached hydrogens (tertiary/aromatic N) is 8. The second-order valence-corrected chi connectivity index (χ2v) is 15.0. The molecular weight excluding hydrogens is 617 g/mol. The Kier molecular flexibility index (Phi) is 5.10. The van der Waals surface area contributed by atoms with Crippen molar-refractivity contribution in [2.75, 3.05) is 0 Å². The molecule has 0 saturated carbocycles. The number of aryl methyl sites for hydroxylation is 8. The summed E-state index contributed by atoms with van der Waals surface area (Å²) in [5, 5.41) is 4.43. The molecule has 242 valence electrons. The van der Waals surface area contributed by atoms with E-state index in [0.29, 0.717) is 13.3 Å². The van der Waals surface area contributed by atoms with E-state index in [9.17, 15) is 0 Å². The van der Waals surface area contributed by atoms with Crippen LogP contribution in [0.2, 0.25) is 0 Å². The molecule has 0 spiro atoms. The minimum Gasteiger partial charge on any atom is -0.264 e. The molecule has 6 aliphatic rings. The largest absolute Gasteiger partial charge is 0.276 e. The summed E-state index contributed by atoms with van der Waals surface area (Å²) in [6.07, 6.45) is 0. The van der Waals surface area contributed by atoms with Crippen LogP contribution in [0.1, 0.15) is 66.8 Å². The van der Waals surface area contributed by atoms with Crippen LogP contribution in [0, 0.1) is 55.4 Å². The second kappa shape index (κ2) is 9.07. The molecule has 0 atom stereocenters. The second-order valence-electron chi connectivity index (χ2n) is 15.0. The highest BCUT2D eigenvalue weighted by atomic mass is 15.4. The van der Waals surface area contributed by atoms with Gasteiger partial charge in [-0.05, 0) is 148 Å². The molecule has 8 heterocycles. The van der Waals surface area contributed by atoms with Crippen molar-refractivity contribution in [3.8, 4) is 0 Å². The first-order valence-corrected chi connectivity index (χ1v) is 17.5. The first-order valence-electron chi connectivity index (χ1n) is 17.5. The zero-order valence-corrected chi connectivity index (χ0v) is 29.6. The molecule has 4 aromatic carbocycles. The summed E-state index contributed by atoms with van der Waals surface area (Å²) in [6.45, 7) is 18.5. The number of hydrogen-bond acceptors (Lipinski definition) is 4. The number of aromatic nitrogens is 2. The summed E-state index contributed by atoms with van der Waals surface area (Å²) in [7, 11) is 0. The Morgan fingerprint density at radius 3 is 1.32 bits per heavy atom. The fraction of sp³-hybridized carbons (Fsp3) is 0.238. The highest BCUT2D eigenvalue weighted by molar-refractivity contribution is 6.22. The molecule has 2 aromatic heterocycles. The molecule has 12 bridgehead atoms. The van der Waals surface area contributed by atoms with Gasteiger partial charge in [0.2, 0.25) is 11.3 Å². The summed E-state index contributed by atoms with van der Waals surface area (Å²) in [5.74, 6) is 5.46. The molecule has 0 aliphatic carbocycles. The van der Waals surface area contributed by atoms with Crippen LogP contribution >= 0.6 is 0 Å². The smallest absolute Gasteiger partial charge is 0.264 e. The van der Waals surface area contributed by atoms with Gasteiger partial charge in [0.25, 0.3) is 23.3 Å². The van der Waals surface area contributed by atoms with Crippen LogP contribution in [0.4, 0.5) is 11.6 Å². The number of amidine groups is 4. The van der Waals surface area contributed by atoms with Crippen LogP contribution < -0.4 is 11.0 Å². The Morgan fingerprint density at radius 1 is 0.400 bits per heavy atom. The molecule has 0 fully saturated rings. The lowest BCUT2D eigenvalue weighted by Crippen LogP contribution is -2.38. The first kappa shape index (κ1) is 28.1. The van der Waals surface area contributed by atoms with Crippen LogP contribution in [0.3, 0.4) is 0 Å². The molecule has 8 heteroatoms. The minimum atomic E-state index is 0.471. The van der Waals surface area contributed by atoms with E-state index < -0.39 is 0 Å². The third kappa shape index (κ3) is 3.36. The van der Waals surface area contributed by atoms with Crippen LogP contribution in [-0.2, 0) is 13.3 Å². The van der Waals surface area contributed by atoms with Gasteiger partial charge in [-0.1, -0.05) is 15.0 Å². The predicted molar refractivity (Wildman–Crippen MR) is 198 cm³/mol. The fourth-order valence-electron chi connectivity index (χ4n) is 8.49. The Balaban J connectivity index is 1.47. The van der Waals surface area contributed by atoms with E-state index in [1.807, 2.05) is 0 Å². The van der Waals surface area contributed by atoms with Crippen molar-refractivity contribution in [2.45, 2.75) is 68.7 Å². The van der Waals surface area contributed by atoms with Crippen molar-refractivity contribution in [1.82, 2.24) is 9.13 Å². The maximum absolute atomic E-state index is 5.69. The van der Waals surface area contributed by atoms with Gasteiger partial charge < -0.3 is 0 Å². The van der Waals surface area contributed by atoms with Crippen molar-refractivity contribution >= 4 is 56.5 Å². The summed E-state index contributed by atoms with van der Waals surface area (Å²) >= 11 is 0. The van der Waals surface area contributed by atoms with E-state index in [2.05, 4.69) is 122 Å². The lowest BCUT2D eigenvalue weighted by Gasteiger charge is -2.15. The molecule has 0 radical (unpaired) electrons. The molecule has 8 nitrogen and oxygen atoms in total. The van der Waals surface area contributed by atoms with Gasteiger partial charge in [0.05, 0.1) is 22.3 Å². The standard InChI is InChI=1S/C42H36N8/c1-19-9-27-28(10-20(19)2)36-44-38-31-13-23(5)24(6)14-32(31)42-46-40-34-16-26(8)25(7)15-33(34)39-45-41-30-12-22(4)21(3)11-29(30)37(49(41)18-50(38)42)43-35(27)47(36)17-48(39)40/h9-16H,17-18H2,1-8H3/q+2. The van der Waals surface area contributed by atoms with Crippen LogP contribution in [0.25, 0.3) is 21.5 Å². The number of fused-ring (bicyclic) bond motifs is 4. The third-order valence-electron chi connectivity index (χ3n) is 11.9. The van der Waals surface area contributed by atoms with Crippen molar-refractivity contribution in [3.63, 3.8) is 0 Å². The molecule has 0 N–H and O–H groups in total. The van der Waals surface area contributed by atoms with E-state index in [1.165, 1.54) is 44.5 Å².